The molecular formula is C20H17FN4O3. The van der Waals surface area contributed by atoms with E-state index in [1.165, 1.54) is 25.3 Å². The van der Waals surface area contributed by atoms with Crippen molar-refractivity contribution in [3.8, 4) is 0 Å². The van der Waals surface area contributed by atoms with Gasteiger partial charge in [-0.05, 0) is 42.0 Å². The van der Waals surface area contributed by atoms with E-state index in [0.717, 1.165) is 5.56 Å². The van der Waals surface area contributed by atoms with Gasteiger partial charge < -0.3 is 15.4 Å². The SMILES string of the molecule is COC(=O)c1ccccc1NC(=O)c1ccc(NCc2ccc(F)cc2)nn1. The summed E-state index contributed by atoms with van der Waals surface area (Å²) in [6.45, 7) is 0.438. The standard InChI is InChI=1S/C20H17FN4O3/c1-28-20(27)15-4-2-3-5-16(15)23-19(26)17-10-11-18(25-24-17)22-12-13-6-8-14(21)9-7-13/h2-11H,12H2,1H3,(H,22,25)(H,23,26). The summed E-state index contributed by atoms with van der Waals surface area (Å²) in [5.74, 6) is -0.889. The molecule has 1 aromatic heterocycles. The average Bonchev–Trinajstić information content (AvgIpc) is 2.73. The summed E-state index contributed by atoms with van der Waals surface area (Å²) in [6, 6.07) is 15.7. The van der Waals surface area contributed by atoms with Crippen LogP contribution in [-0.4, -0.2) is 29.2 Å². The molecule has 3 rings (SSSR count). The van der Waals surface area contributed by atoms with Crippen LogP contribution in [0.4, 0.5) is 15.9 Å². The van der Waals surface area contributed by atoms with Crippen LogP contribution in [0.2, 0.25) is 0 Å². The van der Waals surface area contributed by atoms with Gasteiger partial charge >= 0.3 is 5.97 Å². The zero-order valence-electron chi connectivity index (χ0n) is 15.0. The van der Waals surface area contributed by atoms with Gasteiger partial charge in [0.05, 0.1) is 18.4 Å². The topological polar surface area (TPSA) is 93.2 Å². The van der Waals surface area contributed by atoms with Crippen molar-refractivity contribution in [1.29, 1.82) is 0 Å². The molecule has 0 radical (unpaired) electrons. The quantitative estimate of drug-likeness (QED) is 0.638. The van der Waals surface area contributed by atoms with E-state index < -0.39 is 11.9 Å². The zero-order chi connectivity index (χ0) is 19.9. The highest BCUT2D eigenvalue weighted by Gasteiger charge is 2.15. The normalized spacial score (nSPS) is 10.2. The van der Waals surface area contributed by atoms with Crippen LogP contribution in [0.1, 0.15) is 26.4 Å². The number of nitrogens with one attached hydrogen (secondary N) is 2. The summed E-state index contributed by atoms with van der Waals surface area (Å²) >= 11 is 0. The number of nitrogens with zero attached hydrogens (tertiary/aromatic N) is 2. The molecule has 0 saturated carbocycles. The van der Waals surface area contributed by atoms with Gasteiger partial charge in [0.25, 0.3) is 5.91 Å². The number of hydrogen-bond acceptors (Lipinski definition) is 6. The van der Waals surface area contributed by atoms with E-state index in [-0.39, 0.29) is 17.1 Å². The van der Waals surface area contributed by atoms with E-state index in [0.29, 0.717) is 18.1 Å². The van der Waals surface area contributed by atoms with Crippen LogP contribution in [0, 0.1) is 5.82 Å². The number of para-hydroxylation sites is 1. The predicted molar refractivity (Wildman–Crippen MR) is 101 cm³/mol. The third-order valence-electron chi connectivity index (χ3n) is 3.86. The second-order valence-electron chi connectivity index (χ2n) is 5.78. The Kier molecular flexibility index (Phi) is 5.91. The molecule has 2 N–H and O–H groups in total. The van der Waals surface area contributed by atoms with Crippen LogP contribution in [0.5, 0.6) is 0 Å². The van der Waals surface area contributed by atoms with Crippen molar-refractivity contribution in [1.82, 2.24) is 10.2 Å². The summed E-state index contributed by atoms with van der Waals surface area (Å²) in [4.78, 5) is 24.2. The van der Waals surface area contributed by atoms with Crippen molar-refractivity contribution in [3.05, 3.63) is 83.3 Å². The van der Waals surface area contributed by atoms with Crippen LogP contribution >= 0.6 is 0 Å². The number of methoxy groups -OCH3 is 1. The minimum atomic E-state index is -0.553. The highest BCUT2D eigenvalue weighted by molar-refractivity contribution is 6.07. The van der Waals surface area contributed by atoms with Crippen molar-refractivity contribution < 1.29 is 18.7 Å². The third kappa shape index (κ3) is 4.67. The molecule has 8 heteroatoms. The molecule has 3 aromatic rings. The molecule has 1 amide bonds. The Morgan fingerprint density at radius 1 is 1.00 bits per heavy atom. The van der Waals surface area contributed by atoms with Gasteiger partial charge in [-0.3, -0.25) is 4.79 Å². The number of anilines is 2. The second kappa shape index (κ2) is 8.72. The fourth-order valence-electron chi connectivity index (χ4n) is 2.41. The largest absolute Gasteiger partial charge is 0.465 e. The molecule has 1 heterocycles. The predicted octanol–water partition coefficient (Wildman–Crippen LogP) is 3.27. The lowest BCUT2D eigenvalue weighted by Gasteiger charge is -2.09. The monoisotopic (exact) mass is 380 g/mol. The van der Waals surface area contributed by atoms with Crippen LogP contribution in [0.15, 0.2) is 60.7 Å². The maximum Gasteiger partial charge on any atom is 0.339 e. The number of carbonyl (C=O) groups excluding carboxylic acids is 2. The number of rotatable bonds is 6. The Labute approximate surface area is 160 Å². The van der Waals surface area contributed by atoms with Crippen LogP contribution in [0.25, 0.3) is 0 Å². The first-order valence-corrected chi connectivity index (χ1v) is 8.37. The molecule has 2 aromatic carbocycles. The van der Waals surface area contributed by atoms with Crippen LogP contribution < -0.4 is 10.6 Å². The van der Waals surface area contributed by atoms with Gasteiger partial charge in [-0.25, -0.2) is 9.18 Å². The highest BCUT2D eigenvalue weighted by Crippen LogP contribution is 2.17. The Balaban J connectivity index is 1.64. The lowest BCUT2D eigenvalue weighted by Crippen LogP contribution is -2.17. The number of ether oxygens (including phenoxy) is 1. The molecule has 0 aliphatic carbocycles. The fourth-order valence-corrected chi connectivity index (χ4v) is 2.41. The van der Waals surface area contributed by atoms with Crippen molar-refractivity contribution in [2.75, 3.05) is 17.7 Å². The molecule has 0 aliphatic heterocycles. The van der Waals surface area contributed by atoms with Gasteiger partial charge in [0.2, 0.25) is 0 Å². The van der Waals surface area contributed by atoms with Gasteiger partial charge in [0, 0.05) is 6.54 Å². The van der Waals surface area contributed by atoms with E-state index in [2.05, 4.69) is 20.8 Å². The molecular weight excluding hydrogens is 363 g/mol. The molecule has 0 unspecified atom stereocenters. The lowest BCUT2D eigenvalue weighted by atomic mass is 10.1. The van der Waals surface area contributed by atoms with Gasteiger partial charge in [-0.1, -0.05) is 24.3 Å². The number of aromatic nitrogens is 2. The molecule has 0 spiro atoms. The van der Waals surface area contributed by atoms with Gasteiger partial charge in [0.15, 0.2) is 5.69 Å². The molecule has 0 bridgehead atoms. The van der Waals surface area contributed by atoms with Crippen molar-refractivity contribution in [2.24, 2.45) is 0 Å². The summed E-state index contributed by atoms with van der Waals surface area (Å²) < 4.78 is 17.6. The fraction of sp³-hybridized carbons (Fsp3) is 0.100. The van der Waals surface area contributed by atoms with E-state index in [1.54, 1.807) is 42.5 Å². The van der Waals surface area contributed by atoms with Crippen LogP contribution in [0.3, 0.4) is 0 Å². The average molecular weight is 380 g/mol. The van der Waals surface area contributed by atoms with Gasteiger partial charge in [-0.2, -0.15) is 0 Å². The van der Waals surface area contributed by atoms with Crippen LogP contribution in [-0.2, 0) is 11.3 Å². The first-order chi connectivity index (χ1) is 13.6. The Morgan fingerprint density at radius 2 is 1.75 bits per heavy atom. The molecule has 28 heavy (non-hydrogen) atoms. The number of esters is 1. The zero-order valence-corrected chi connectivity index (χ0v) is 15.0. The van der Waals surface area contributed by atoms with Gasteiger partial charge in [-0.15, -0.1) is 10.2 Å². The smallest absolute Gasteiger partial charge is 0.339 e. The summed E-state index contributed by atoms with van der Waals surface area (Å²) in [6.07, 6.45) is 0. The lowest BCUT2D eigenvalue weighted by molar-refractivity contribution is 0.0602. The summed E-state index contributed by atoms with van der Waals surface area (Å²) in [5.41, 5.74) is 1.53. The maximum atomic E-state index is 12.9. The summed E-state index contributed by atoms with van der Waals surface area (Å²) in [5, 5.41) is 13.5. The molecule has 0 atom stereocenters. The van der Waals surface area contributed by atoms with E-state index in [1.807, 2.05) is 0 Å². The Morgan fingerprint density at radius 3 is 2.43 bits per heavy atom. The summed E-state index contributed by atoms with van der Waals surface area (Å²) in [7, 11) is 1.27. The Hall–Kier alpha value is -3.81. The first kappa shape index (κ1) is 19.0. The van der Waals surface area contributed by atoms with Crippen molar-refractivity contribution >= 4 is 23.4 Å². The maximum absolute atomic E-state index is 12.9. The molecule has 7 nitrogen and oxygen atoms in total. The van der Waals surface area contributed by atoms with Crippen molar-refractivity contribution in [2.45, 2.75) is 6.54 Å². The Bertz CT molecular complexity index is 976. The second-order valence-corrected chi connectivity index (χ2v) is 5.78. The van der Waals surface area contributed by atoms with Crippen molar-refractivity contribution in [3.63, 3.8) is 0 Å². The first-order valence-electron chi connectivity index (χ1n) is 8.37. The van der Waals surface area contributed by atoms with Gasteiger partial charge in [0.1, 0.15) is 11.6 Å². The third-order valence-corrected chi connectivity index (χ3v) is 3.86. The number of halogens is 1. The van der Waals surface area contributed by atoms with E-state index in [9.17, 15) is 14.0 Å². The molecule has 0 saturated heterocycles. The number of hydrogen-bond donors (Lipinski definition) is 2. The number of benzene rings is 2. The number of amides is 1. The highest BCUT2D eigenvalue weighted by atomic mass is 19.1. The van der Waals surface area contributed by atoms with E-state index >= 15 is 0 Å². The molecule has 0 fully saturated rings. The minimum absolute atomic E-state index is 0.0898. The minimum Gasteiger partial charge on any atom is -0.465 e. The molecule has 142 valence electrons. The molecule has 0 aliphatic rings. The number of carbonyl (C=O) groups is 2. The van der Waals surface area contributed by atoms with E-state index in [4.69, 9.17) is 4.74 Å².